The van der Waals surface area contributed by atoms with Crippen LogP contribution in [0.2, 0.25) is 0 Å². The summed E-state index contributed by atoms with van der Waals surface area (Å²) >= 11 is 0. The second-order valence-electron chi connectivity index (χ2n) is 5.23. The van der Waals surface area contributed by atoms with Crippen molar-refractivity contribution >= 4 is 5.95 Å². The maximum Gasteiger partial charge on any atom is 0.227 e. The molecule has 1 aromatic rings. The summed E-state index contributed by atoms with van der Waals surface area (Å²) in [6.45, 7) is 9.81. The van der Waals surface area contributed by atoms with E-state index in [0.29, 0.717) is 0 Å². The Kier molecular flexibility index (Phi) is 2.88. The van der Waals surface area contributed by atoms with Gasteiger partial charge in [0.15, 0.2) is 0 Å². The van der Waals surface area contributed by atoms with Crippen molar-refractivity contribution in [3.8, 4) is 0 Å². The van der Waals surface area contributed by atoms with Crippen molar-refractivity contribution in [1.82, 2.24) is 14.8 Å². The highest BCUT2D eigenvalue weighted by Crippen LogP contribution is 2.23. The van der Waals surface area contributed by atoms with E-state index >= 15 is 0 Å². The summed E-state index contributed by atoms with van der Waals surface area (Å²) in [4.78, 5) is 2.23. The second-order valence-corrected chi connectivity index (χ2v) is 5.23. The number of nitrogens with zero attached hydrogens (tertiary/aromatic N) is 4. The summed E-state index contributed by atoms with van der Waals surface area (Å²) in [6, 6.07) is 0. The summed E-state index contributed by atoms with van der Waals surface area (Å²) in [5, 5.41) is 8.58. The Morgan fingerprint density at radius 3 is 2.25 bits per heavy atom. The monoisotopic (exact) mass is 224 g/mol. The molecule has 0 amide bonds. The van der Waals surface area contributed by atoms with Crippen LogP contribution in [0.15, 0.2) is 0 Å². The lowest BCUT2D eigenvalue weighted by atomic mass is 9.96. The van der Waals surface area contributed by atoms with Crippen LogP contribution >= 0.6 is 0 Å². The molecule has 0 N–H and O–H groups in total. The van der Waals surface area contributed by atoms with Crippen LogP contribution in [0, 0.1) is 0 Å². The number of anilines is 1. The summed E-state index contributed by atoms with van der Waals surface area (Å²) in [5.41, 5.74) is 0.0340. The Labute approximate surface area is 96.4 Å². The number of morpholine rings is 1. The van der Waals surface area contributed by atoms with Crippen molar-refractivity contribution in [3.63, 3.8) is 0 Å². The SMILES string of the molecule is Cn1c(N2CCOCC2)nnc1C(C)(C)C. The lowest BCUT2D eigenvalue weighted by Gasteiger charge is -2.27. The molecule has 0 spiro atoms. The molecule has 2 heterocycles. The minimum atomic E-state index is 0.0340. The molecule has 0 aromatic carbocycles. The zero-order valence-corrected chi connectivity index (χ0v) is 10.5. The molecular weight excluding hydrogens is 204 g/mol. The van der Waals surface area contributed by atoms with Crippen LogP contribution < -0.4 is 4.90 Å². The quantitative estimate of drug-likeness (QED) is 0.712. The van der Waals surface area contributed by atoms with Gasteiger partial charge in [-0.3, -0.25) is 4.57 Å². The van der Waals surface area contributed by atoms with Gasteiger partial charge in [0.1, 0.15) is 5.82 Å². The van der Waals surface area contributed by atoms with Gasteiger partial charge in [0.2, 0.25) is 5.95 Å². The molecule has 0 radical (unpaired) electrons. The fourth-order valence-corrected chi connectivity index (χ4v) is 2.01. The highest BCUT2D eigenvalue weighted by Gasteiger charge is 2.24. The Hall–Kier alpha value is -1.10. The van der Waals surface area contributed by atoms with Crippen molar-refractivity contribution < 1.29 is 4.74 Å². The Bertz CT molecular complexity index is 361. The van der Waals surface area contributed by atoms with Gasteiger partial charge < -0.3 is 9.64 Å². The first-order valence-electron chi connectivity index (χ1n) is 5.73. The summed E-state index contributed by atoms with van der Waals surface area (Å²) in [7, 11) is 2.03. The fourth-order valence-electron chi connectivity index (χ4n) is 2.01. The topological polar surface area (TPSA) is 43.2 Å². The Morgan fingerprint density at radius 1 is 1.12 bits per heavy atom. The van der Waals surface area contributed by atoms with Crippen molar-refractivity contribution in [2.24, 2.45) is 7.05 Å². The molecule has 1 aliphatic heterocycles. The van der Waals surface area contributed by atoms with Gasteiger partial charge in [0, 0.05) is 25.6 Å². The molecule has 1 saturated heterocycles. The summed E-state index contributed by atoms with van der Waals surface area (Å²) in [5.74, 6) is 1.97. The van der Waals surface area contributed by atoms with E-state index in [2.05, 4.69) is 40.4 Å². The van der Waals surface area contributed by atoms with Crippen molar-refractivity contribution in [3.05, 3.63) is 5.82 Å². The van der Waals surface area contributed by atoms with Gasteiger partial charge in [-0.25, -0.2) is 0 Å². The number of rotatable bonds is 1. The zero-order chi connectivity index (χ0) is 11.8. The van der Waals surface area contributed by atoms with Crippen LogP contribution in [0.1, 0.15) is 26.6 Å². The van der Waals surface area contributed by atoms with Crippen molar-refractivity contribution in [2.75, 3.05) is 31.2 Å². The van der Waals surface area contributed by atoms with Crippen LogP contribution in [-0.4, -0.2) is 41.1 Å². The van der Waals surface area contributed by atoms with Crippen LogP contribution in [0.5, 0.6) is 0 Å². The minimum Gasteiger partial charge on any atom is -0.378 e. The van der Waals surface area contributed by atoms with E-state index in [1.54, 1.807) is 0 Å². The molecule has 5 heteroatoms. The lowest BCUT2D eigenvalue weighted by molar-refractivity contribution is 0.121. The number of ether oxygens (including phenoxy) is 1. The van der Waals surface area contributed by atoms with E-state index in [4.69, 9.17) is 4.74 Å². The second kappa shape index (κ2) is 4.05. The molecule has 1 aromatic heterocycles. The largest absolute Gasteiger partial charge is 0.378 e. The predicted octanol–water partition coefficient (Wildman–Crippen LogP) is 0.949. The number of aromatic nitrogens is 3. The van der Waals surface area contributed by atoms with Crippen LogP contribution in [-0.2, 0) is 17.2 Å². The van der Waals surface area contributed by atoms with E-state index in [-0.39, 0.29) is 5.41 Å². The standard InChI is InChI=1S/C11H20N4O/c1-11(2,3)9-12-13-10(14(9)4)15-5-7-16-8-6-15/h5-8H2,1-4H3. The van der Waals surface area contributed by atoms with Gasteiger partial charge in [0.05, 0.1) is 13.2 Å². The van der Waals surface area contributed by atoms with Gasteiger partial charge in [-0.2, -0.15) is 0 Å². The minimum absolute atomic E-state index is 0.0340. The van der Waals surface area contributed by atoms with Gasteiger partial charge in [0.25, 0.3) is 0 Å². The van der Waals surface area contributed by atoms with Crippen LogP contribution in [0.3, 0.4) is 0 Å². The molecule has 1 fully saturated rings. The average Bonchev–Trinajstić information content (AvgIpc) is 2.61. The van der Waals surface area contributed by atoms with Gasteiger partial charge in [-0.15, -0.1) is 10.2 Å². The van der Waals surface area contributed by atoms with Gasteiger partial charge in [-0.05, 0) is 0 Å². The molecule has 5 nitrogen and oxygen atoms in total. The lowest BCUT2D eigenvalue weighted by Crippen LogP contribution is -2.38. The number of hydrogen-bond acceptors (Lipinski definition) is 4. The molecule has 0 aliphatic carbocycles. The summed E-state index contributed by atoms with van der Waals surface area (Å²) in [6.07, 6.45) is 0. The molecule has 0 unspecified atom stereocenters. The third-order valence-electron chi connectivity index (χ3n) is 2.82. The van der Waals surface area contributed by atoms with E-state index in [9.17, 15) is 0 Å². The maximum atomic E-state index is 5.34. The normalized spacial score (nSPS) is 17.9. The van der Waals surface area contributed by atoms with Gasteiger partial charge >= 0.3 is 0 Å². The third-order valence-corrected chi connectivity index (χ3v) is 2.82. The van der Waals surface area contributed by atoms with E-state index in [1.165, 1.54) is 0 Å². The molecule has 1 aliphatic rings. The van der Waals surface area contributed by atoms with Crippen molar-refractivity contribution in [1.29, 1.82) is 0 Å². The molecular formula is C11H20N4O. The highest BCUT2D eigenvalue weighted by atomic mass is 16.5. The zero-order valence-electron chi connectivity index (χ0n) is 10.5. The third kappa shape index (κ3) is 2.04. The molecule has 90 valence electrons. The van der Waals surface area contributed by atoms with Crippen LogP contribution in [0.4, 0.5) is 5.95 Å². The fraction of sp³-hybridized carbons (Fsp3) is 0.818. The molecule has 0 atom stereocenters. The first-order chi connectivity index (χ1) is 7.50. The Balaban J connectivity index is 2.25. The smallest absolute Gasteiger partial charge is 0.227 e. The molecule has 0 bridgehead atoms. The molecule has 16 heavy (non-hydrogen) atoms. The number of hydrogen-bond donors (Lipinski definition) is 0. The summed E-state index contributed by atoms with van der Waals surface area (Å²) < 4.78 is 7.42. The molecule has 2 rings (SSSR count). The van der Waals surface area contributed by atoms with E-state index in [1.807, 2.05) is 7.05 Å². The predicted molar refractivity (Wildman–Crippen MR) is 62.7 cm³/mol. The van der Waals surface area contributed by atoms with E-state index < -0.39 is 0 Å². The van der Waals surface area contributed by atoms with E-state index in [0.717, 1.165) is 38.1 Å². The molecule has 0 saturated carbocycles. The maximum absolute atomic E-state index is 5.34. The average molecular weight is 224 g/mol. The first kappa shape index (κ1) is 11.4. The van der Waals surface area contributed by atoms with Gasteiger partial charge in [-0.1, -0.05) is 20.8 Å². The highest BCUT2D eigenvalue weighted by molar-refractivity contribution is 5.32. The first-order valence-corrected chi connectivity index (χ1v) is 5.73. The van der Waals surface area contributed by atoms with Crippen molar-refractivity contribution in [2.45, 2.75) is 26.2 Å². The Morgan fingerprint density at radius 2 is 1.75 bits per heavy atom. The van der Waals surface area contributed by atoms with Crippen LogP contribution in [0.25, 0.3) is 0 Å².